The van der Waals surface area contributed by atoms with Gasteiger partial charge in [-0.05, 0) is 30.7 Å². The number of imide groups is 1. The second kappa shape index (κ2) is 7.86. The summed E-state index contributed by atoms with van der Waals surface area (Å²) < 4.78 is 35.1. The fourth-order valence-electron chi connectivity index (χ4n) is 3.46. The number of phenolic OH excluding ortho intramolecular Hbond substituents is 1. The molecule has 0 radical (unpaired) electrons. The SMILES string of the molecule is CCOc1cc([C@@H](CS(C)(=O)=O)N2C(=O)c3cc(O)cc(N)c3C2=O)ccc1OC. The second-order valence-corrected chi connectivity index (χ2v) is 9.07. The number of methoxy groups -OCH3 is 1. The van der Waals surface area contributed by atoms with E-state index in [1.54, 1.807) is 25.1 Å². The highest BCUT2D eigenvalue weighted by molar-refractivity contribution is 7.90. The molecule has 1 aliphatic heterocycles. The van der Waals surface area contributed by atoms with Gasteiger partial charge in [-0.15, -0.1) is 0 Å². The number of nitrogens with zero attached hydrogens (tertiary/aromatic N) is 1. The number of rotatable bonds is 7. The van der Waals surface area contributed by atoms with Crippen LogP contribution in [0.25, 0.3) is 0 Å². The zero-order valence-electron chi connectivity index (χ0n) is 16.7. The lowest BCUT2D eigenvalue weighted by molar-refractivity contribution is 0.0597. The van der Waals surface area contributed by atoms with E-state index in [4.69, 9.17) is 15.2 Å². The van der Waals surface area contributed by atoms with Crippen molar-refractivity contribution in [3.63, 3.8) is 0 Å². The number of hydrogen-bond donors (Lipinski definition) is 2. The Morgan fingerprint density at radius 3 is 2.43 bits per heavy atom. The molecule has 1 heterocycles. The van der Waals surface area contributed by atoms with Crippen LogP contribution in [0, 0.1) is 0 Å². The Morgan fingerprint density at radius 2 is 1.83 bits per heavy atom. The van der Waals surface area contributed by atoms with E-state index in [9.17, 15) is 23.1 Å². The van der Waals surface area contributed by atoms with Gasteiger partial charge in [-0.1, -0.05) is 6.07 Å². The Balaban J connectivity index is 2.14. The van der Waals surface area contributed by atoms with Crippen LogP contribution in [-0.2, 0) is 9.84 Å². The second-order valence-electron chi connectivity index (χ2n) is 6.89. The summed E-state index contributed by atoms with van der Waals surface area (Å²) in [5, 5.41) is 9.77. The molecular weight excluding hydrogens is 412 g/mol. The number of ether oxygens (including phenoxy) is 2. The van der Waals surface area contributed by atoms with Gasteiger partial charge in [-0.2, -0.15) is 0 Å². The van der Waals surface area contributed by atoms with Gasteiger partial charge in [0.05, 0.1) is 36.6 Å². The molecule has 1 atom stereocenters. The van der Waals surface area contributed by atoms with Crippen molar-refractivity contribution in [1.29, 1.82) is 0 Å². The zero-order valence-corrected chi connectivity index (χ0v) is 17.5. The fourth-order valence-corrected chi connectivity index (χ4v) is 4.37. The van der Waals surface area contributed by atoms with Gasteiger partial charge in [-0.3, -0.25) is 14.5 Å². The predicted molar refractivity (Wildman–Crippen MR) is 110 cm³/mol. The number of fused-ring (bicyclic) bond motifs is 1. The smallest absolute Gasteiger partial charge is 0.264 e. The number of carbonyl (C=O) groups is 2. The number of aromatic hydroxyl groups is 1. The maximum atomic E-state index is 13.1. The Labute approximate surface area is 173 Å². The lowest BCUT2D eigenvalue weighted by atomic mass is 10.1. The van der Waals surface area contributed by atoms with Crippen molar-refractivity contribution >= 4 is 27.3 Å². The van der Waals surface area contributed by atoms with E-state index in [0.29, 0.717) is 23.7 Å². The van der Waals surface area contributed by atoms with Crippen molar-refractivity contribution in [2.75, 3.05) is 31.5 Å². The van der Waals surface area contributed by atoms with E-state index < -0.39 is 33.4 Å². The Hall–Kier alpha value is -3.27. The fraction of sp³-hybridized carbons (Fsp3) is 0.300. The molecule has 160 valence electrons. The van der Waals surface area contributed by atoms with Crippen LogP contribution in [0.2, 0.25) is 0 Å². The molecule has 0 saturated heterocycles. The van der Waals surface area contributed by atoms with Crippen molar-refractivity contribution in [3.8, 4) is 17.2 Å². The summed E-state index contributed by atoms with van der Waals surface area (Å²) in [6.45, 7) is 2.11. The maximum absolute atomic E-state index is 13.1. The lowest BCUT2D eigenvalue weighted by Crippen LogP contribution is -2.37. The summed E-state index contributed by atoms with van der Waals surface area (Å²) in [6.07, 6.45) is 1.02. The molecule has 0 bridgehead atoms. The molecule has 2 aromatic rings. The quantitative estimate of drug-likeness (QED) is 0.497. The summed E-state index contributed by atoms with van der Waals surface area (Å²) in [5.74, 6) is -1.45. The molecule has 3 N–H and O–H groups in total. The molecule has 1 aliphatic rings. The zero-order chi connectivity index (χ0) is 22.2. The van der Waals surface area contributed by atoms with E-state index in [-0.39, 0.29) is 22.6 Å². The lowest BCUT2D eigenvalue weighted by Gasteiger charge is -2.26. The van der Waals surface area contributed by atoms with E-state index in [0.717, 1.165) is 17.2 Å². The molecule has 2 aromatic carbocycles. The first-order valence-corrected chi connectivity index (χ1v) is 11.1. The first-order valence-electron chi connectivity index (χ1n) is 9.06. The molecule has 10 heteroatoms. The van der Waals surface area contributed by atoms with Crippen molar-refractivity contribution in [2.24, 2.45) is 0 Å². The number of carbonyl (C=O) groups excluding carboxylic acids is 2. The molecule has 2 amide bonds. The number of nitrogens with two attached hydrogens (primary N) is 1. The summed E-state index contributed by atoms with van der Waals surface area (Å²) in [5.41, 5.74) is 6.02. The van der Waals surface area contributed by atoms with Gasteiger partial charge >= 0.3 is 0 Å². The number of nitrogen functional groups attached to an aromatic ring is 1. The molecule has 30 heavy (non-hydrogen) atoms. The molecule has 0 spiro atoms. The van der Waals surface area contributed by atoms with Gasteiger partial charge in [-0.25, -0.2) is 8.42 Å². The molecular formula is C20H22N2O7S. The molecule has 3 rings (SSSR count). The van der Waals surface area contributed by atoms with E-state index >= 15 is 0 Å². The van der Waals surface area contributed by atoms with Crippen molar-refractivity contribution in [3.05, 3.63) is 47.0 Å². The first kappa shape index (κ1) is 21.4. The topological polar surface area (TPSA) is 136 Å². The van der Waals surface area contributed by atoms with E-state index in [1.165, 1.54) is 13.2 Å². The monoisotopic (exact) mass is 434 g/mol. The third-order valence-electron chi connectivity index (χ3n) is 4.68. The molecule has 0 aliphatic carbocycles. The van der Waals surface area contributed by atoms with Gasteiger partial charge in [0, 0.05) is 18.0 Å². The van der Waals surface area contributed by atoms with Crippen LogP contribution in [0.1, 0.15) is 39.2 Å². The minimum Gasteiger partial charge on any atom is -0.508 e. The van der Waals surface area contributed by atoms with Gasteiger partial charge in [0.1, 0.15) is 15.6 Å². The predicted octanol–water partition coefficient (Wildman–Crippen LogP) is 1.76. The number of phenols is 1. The summed E-state index contributed by atoms with van der Waals surface area (Å²) >= 11 is 0. The van der Waals surface area contributed by atoms with Crippen LogP contribution in [0.15, 0.2) is 30.3 Å². The summed E-state index contributed by atoms with van der Waals surface area (Å²) in [4.78, 5) is 27.0. The van der Waals surface area contributed by atoms with Crippen LogP contribution in [0.3, 0.4) is 0 Å². The highest BCUT2D eigenvalue weighted by Gasteiger charge is 2.43. The van der Waals surface area contributed by atoms with Gasteiger partial charge < -0.3 is 20.3 Å². The van der Waals surface area contributed by atoms with Crippen LogP contribution in [-0.4, -0.2) is 56.0 Å². The number of benzene rings is 2. The number of anilines is 1. The standard InChI is InChI=1S/C20H22N2O7S/c1-4-29-17-7-11(5-6-16(17)28-2)15(10-30(3,26)27)22-19(24)13-8-12(23)9-14(21)18(13)20(22)25/h5-9,15,23H,4,10,21H2,1-3H3/t15-/m1/s1. The molecule has 0 aromatic heterocycles. The Kier molecular flexibility index (Phi) is 5.62. The highest BCUT2D eigenvalue weighted by Crippen LogP contribution is 2.39. The molecule has 0 fully saturated rings. The molecule has 0 saturated carbocycles. The van der Waals surface area contributed by atoms with Crippen LogP contribution < -0.4 is 15.2 Å². The van der Waals surface area contributed by atoms with Crippen LogP contribution >= 0.6 is 0 Å². The summed E-state index contributed by atoms with van der Waals surface area (Å²) in [7, 11) is -2.14. The van der Waals surface area contributed by atoms with Crippen molar-refractivity contribution < 1.29 is 32.6 Å². The number of hydrogen-bond acceptors (Lipinski definition) is 8. The van der Waals surface area contributed by atoms with Gasteiger partial charge in [0.25, 0.3) is 11.8 Å². The highest BCUT2D eigenvalue weighted by atomic mass is 32.2. The molecule has 9 nitrogen and oxygen atoms in total. The Morgan fingerprint density at radius 1 is 1.13 bits per heavy atom. The van der Waals surface area contributed by atoms with Crippen LogP contribution in [0.4, 0.5) is 5.69 Å². The average Bonchev–Trinajstić information content (AvgIpc) is 2.90. The maximum Gasteiger partial charge on any atom is 0.264 e. The molecule has 0 unspecified atom stereocenters. The van der Waals surface area contributed by atoms with E-state index in [2.05, 4.69) is 0 Å². The minimum absolute atomic E-state index is 0.0603. The van der Waals surface area contributed by atoms with E-state index in [1.807, 2.05) is 0 Å². The van der Waals surface area contributed by atoms with Crippen molar-refractivity contribution in [1.82, 2.24) is 4.90 Å². The number of amides is 2. The van der Waals surface area contributed by atoms with Crippen molar-refractivity contribution in [2.45, 2.75) is 13.0 Å². The third kappa shape index (κ3) is 3.90. The van der Waals surface area contributed by atoms with Crippen LogP contribution in [0.5, 0.6) is 17.2 Å². The minimum atomic E-state index is -3.60. The Bertz CT molecular complexity index is 1130. The normalized spacial score (nSPS) is 14.6. The largest absolute Gasteiger partial charge is 0.508 e. The van der Waals surface area contributed by atoms with Gasteiger partial charge in [0.2, 0.25) is 0 Å². The number of sulfone groups is 1. The van der Waals surface area contributed by atoms with Gasteiger partial charge in [0.15, 0.2) is 11.5 Å². The average molecular weight is 434 g/mol. The third-order valence-corrected chi connectivity index (χ3v) is 5.60. The summed E-state index contributed by atoms with van der Waals surface area (Å²) in [6, 6.07) is 5.87. The first-order chi connectivity index (χ1) is 14.1.